The summed E-state index contributed by atoms with van der Waals surface area (Å²) in [5, 5.41) is 20.2. The van der Waals surface area contributed by atoms with E-state index in [1.807, 2.05) is 0 Å². The summed E-state index contributed by atoms with van der Waals surface area (Å²) >= 11 is 0. The zero-order chi connectivity index (χ0) is 13.1. The standard InChI is InChI=1S/C13H16N2O3/c1-2-10-9-11(15(17)18)3-4-13(10)14-7-5-12(16)6-8-14/h2-4,9,12,16H,1,5-8H2. The molecule has 0 bridgehead atoms. The second kappa shape index (κ2) is 5.18. The van der Waals surface area contributed by atoms with Crippen molar-refractivity contribution in [2.45, 2.75) is 18.9 Å². The molecule has 1 aliphatic heterocycles. The Labute approximate surface area is 105 Å². The van der Waals surface area contributed by atoms with Crippen LogP contribution >= 0.6 is 0 Å². The highest BCUT2D eigenvalue weighted by Crippen LogP contribution is 2.28. The Morgan fingerprint density at radius 2 is 2.11 bits per heavy atom. The Hall–Kier alpha value is -1.88. The molecule has 2 rings (SSSR count). The monoisotopic (exact) mass is 248 g/mol. The highest BCUT2D eigenvalue weighted by Gasteiger charge is 2.20. The molecule has 1 heterocycles. The normalized spacial score (nSPS) is 16.6. The number of benzene rings is 1. The number of aliphatic hydroxyl groups excluding tert-OH is 1. The summed E-state index contributed by atoms with van der Waals surface area (Å²) in [7, 11) is 0. The lowest BCUT2D eigenvalue weighted by atomic mass is 10.0. The summed E-state index contributed by atoms with van der Waals surface area (Å²) in [6.45, 7) is 5.23. The number of hydrogen-bond acceptors (Lipinski definition) is 4. The quantitative estimate of drug-likeness (QED) is 0.657. The van der Waals surface area contributed by atoms with E-state index in [0.717, 1.165) is 37.2 Å². The molecule has 1 saturated heterocycles. The first-order valence-corrected chi connectivity index (χ1v) is 5.95. The van der Waals surface area contributed by atoms with Crippen molar-refractivity contribution in [1.82, 2.24) is 0 Å². The molecule has 1 aromatic carbocycles. The molecular formula is C13H16N2O3. The molecule has 0 amide bonds. The van der Waals surface area contributed by atoms with E-state index in [0.29, 0.717) is 0 Å². The summed E-state index contributed by atoms with van der Waals surface area (Å²) in [4.78, 5) is 12.5. The lowest BCUT2D eigenvalue weighted by molar-refractivity contribution is -0.384. The largest absolute Gasteiger partial charge is 0.393 e. The van der Waals surface area contributed by atoms with Crippen molar-refractivity contribution in [2.75, 3.05) is 18.0 Å². The third-order valence-electron chi connectivity index (χ3n) is 3.25. The van der Waals surface area contributed by atoms with Crippen LogP contribution in [0, 0.1) is 10.1 Å². The maximum Gasteiger partial charge on any atom is 0.270 e. The molecule has 5 nitrogen and oxygen atoms in total. The van der Waals surface area contributed by atoms with E-state index in [4.69, 9.17) is 0 Å². The molecule has 1 aliphatic rings. The fraction of sp³-hybridized carbons (Fsp3) is 0.385. The first kappa shape index (κ1) is 12.6. The predicted octanol–water partition coefficient (Wildman–Crippen LogP) is 2.20. The van der Waals surface area contributed by atoms with Gasteiger partial charge in [-0.15, -0.1) is 0 Å². The number of piperidine rings is 1. The first-order valence-electron chi connectivity index (χ1n) is 5.95. The predicted molar refractivity (Wildman–Crippen MR) is 70.6 cm³/mol. The molecule has 96 valence electrons. The van der Waals surface area contributed by atoms with Gasteiger partial charge in [0.25, 0.3) is 5.69 Å². The van der Waals surface area contributed by atoms with Crippen molar-refractivity contribution >= 4 is 17.5 Å². The van der Waals surface area contributed by atoms with Crippen LogP contribution in [0.2, 0.25) is 0 Å². The average molecular weight is 248 g/mol. The van der Waals surface area contributed by atoms with Crippen LogP contribution in [-0.4, -0.2) is 29.2 Å². The minimum atomic E-state index is -0.406. The number of anilines is 1. The second-order valence-corrected chi connectivity index (χ2v) is 4.42. The fourth-order valence-corrected chi connectivity index (χ4v) is 2.21. The van der Waals surface area contributed by atoms with Gasteiger partial charge in [0.2, 0.25) is 0 Å². The summed E-state index contributed by atoms with van der Waals surface area (Å²) in [6, 6.07) is 4.80. The van der Waals surface area contributed by atoms with E-state index < -0.39 is 4.92 Å². The van der Waals surface area contributed by atoms with Crippen LogP contribution in [0.5, 0.6) is 0 Å². The van der Waals surface area contributed by atoms with Gasteiger partial charge in [-0.05, 0) is 18.9 Å². The smallest absolute Gasteiger partial charge is 0.270 e. The summed E-state index contributed by atoms with van der Waals surface area (Å²) in [6.07, 6.45) is 2.86. The van der Waals surface area contributed by atoms with E-state index in [2.05, 4.69) is 11.5 Å². The molecule has 1 N–H and O–H groups in total. The Bertz CT molecular complexity index is 465. The minimum absolute atomic E-state index is 0.0747. The number of aliphatic hydroxyl groups is 1. The Morgan fingerprint density at radius 3 is 2.67 bits per heavy atom. The van der Waals surface area contributed by atoms with Crippen LogP contribution in [0.1, 0.15) is 18.4 Å². The van der Waals surface area contributed by atoms with Crippen LogP contribution in [-0.2, 0) is 0 Å². The van der Waals surface area contributed by atoms with Gasteiger partial charge in [-0.25, -0.2) is 0 Å². The van der Waals surface area contributed by atoms with Gasteiger partial charge < -0.3 is 10.0 Å². The van der Waals surface area contributed by atoms with Crippen molar-refractivity contribution in [3.8, 4) is 0 Å². The van der Waals surface area contributed by atoms with Crippen molar-refractivity contribution in [3.63, 3.8) is 0 Å². The number of nitro benzene ring substituents is 1. The Balaban J connectivity index is 2.27. The Morgan fingerprint density at radius 1 is 1.44 bits per heavy atom. The van der Waals surface area contributed by atoms with Crippen LogP contribution in [0.15, 0.2) is 24.8 Å². The summed E-state index contributed by atoms with van der Waals surface area (Å²) in [5.41, 5.74) is 1.79. The minimum Gasteiger partial charge on any atom is -0.393 e. The number of hydrogen-bond donors (Lipinski definition) is 1. The number of nitro groups is 1. The molecule has 5 heteroatoms. The Kier molecular flexibility index (Phi) is 3.62. The number of non-ortho nitro benzene ring substituents is 1. The fourth-order valence-electron chi connectivity index (χ4n) is 2.21. The highest BCUT2D eigenvalue weighted by molar-refractivity contribution is 5.69. The molecule has 0 atom stereocenters. The van der Waals surface area contributed by atoms with Crippen LogP contribution in [0.25, 0.3) is 6.08 Å². The maximum atomic E-state index is 10.7. The molecule has 0 aliphatic carbocycles. The van der Waals surface area contributed by atoms with Gasteiger partial charge in [0, 0.05) is 36.5 Å². The lowest BCUT2D eigenvalue weighted by Crippen LogP contribution is -2.36. The second-order valence-electron chi connectivity index (χ2n) is 4.42. The van der Waals surface area contributed by atoms with Crippen molar-refractivity contribution < 1.29 is 10.0 Å². The molecule has 0 unspecified atom stereocenters. The summed E-state index contributed by atoms with van der Waals surface area (Å²) < 4.78 is 0. The lowest BCUT2D eigenvalue weighted by Gasteiger charge is -2.32. The molecule has 18 heavy (non-hydrogen) atoms. The van der Waals surface area contributed by atoms with E-state index in [1.165, 1.54) is 12.1 Å². The van der Waals surface area contributed by atoms with Crippen LogP contribution < -0.4 is 4.90 Å². The van der Waals surface area contributed by atoms with Crippen molar-refractivity contribution in [3.05, 3.63) is 40.5 Å². The summed E-state index contributed by atoms with van der Waals surface area (Å²) in [5.74, 6) is 0. The number of rotatable bonds is 3. The molecular weight excluding hydrogens is 232 g/mol. The molecule has 0 radical (unpaired) electrons. The molecule has 1 fully saturated rings. The average Bonchev–Trinajstić information content (AvgIpc) is 2.39. The van der Waals surface area contributed by atoms with Crippen molar-refractivity contribution in [1.29, 1.82) is 0 Å². The van der Waals surface area contributed by atoms with E-state index in [9.17, 15) is 15.2 Å². The van der Waals surface area contributed by atoms with Gasteiger partial charge >= 0.3 is 0 Å². The third-order valence-corrected chi connectivity index (χ3v) is 3.25. The van der Waals surface area contributed by atoms with Gasteiger partial charge in [-0.3, -0.25) is 10.1 Å². The maximum absolute atomic E-state index is 10.7. The van der Waals surface area contributed by atoms with Crippen LogP contribution in [0.3, 0.4) is 0 Å². The zero-order valence-electron chi connectivity index (χ0n) is 10.1. The van der Waals surface area contributed by atoms with Crippen LogP contribution in [0.4, 0.5) is 11.4 Å². The van der Waals surface area contributed by atoms with E-state index >= 15 is 0 Å². The molecule has 1 aromatic rings. The molecule has 0 spiro atoms. The first-order chi connectivity index (χ1) is 8.61. The van der Waals surface area contributed by atoms with Gasteiger partial charge in [-0.2, -0.15) is 0 Å². The van der Waals surface area contributed by atoms with Gasteiger partial charge in [0.1, 0.15) is 0 Å². The van der Waals surface area contributed by atoms with E-state index in [1.54, 1.807) is 12.1 Å². The third kappa shape index (κ3) is 2.51. The molecule has 0 aromatic heterocycles. The SMILES string of the molecule is C=Cc1cc([N+](=O)[O-])ccc1N1CCC(O)CC1. The van der Waals surface area contributed by atoms with Crippen molar-refractivity contribution in [2.24, 2.45) is 0 Å². The zero-order valence-corrected chi connectivity index (χ0v) is 10.1. The highest BCUT2D eigenvalue weighted by atomic mass is 16.6. The number of nitrogens with zero attached hydrogens (tertiary/aromatic N) is 2. The van der Waals surface area contributed by atoms with E-state index in [-0.39, 0.29) is 11.8 Å². The topological polar surface area (TPSA) is 66.6 Å². The van der Waals surface area contributed by atoms with Gasteiger partial charge in [-0.1, -0.05) is 12.7 Å². The van der Waals surface area contributed by atoms with Gasteiger partial charge in [0.15, 0.2) is 0 Å². The van der Waals surface area contributed by atoms with Gasteiger partial charge in [0.05, 0.1) is 11.0 Å². The molecule has 0 saturated carbocycles.